The molecule has 5 heteroatoms. The fraction of sp³-hybridized carbons (Fsp3) is 1.00. The molecule has 0 aromatic rings. The van der Waals surface area contributed by atoms with Crippen molar-refractivity contribution in [1.29, 1.82) is 0 Å². The third-order valence-electron chi connectivity index (χ3n) is 2.83. The predicted molar refractivity (Wildman–Crippen MR) is 46.3 cm³/mol. The fourth-order valence-corrected chi connectivity index (χ4v) is 3.87. The molecule has 2 fully saturated rings. The summed E-state index contributed by atoms with van der Waals surface area (Å²) in [4.78, 5) is 0. The predicted octanol–water partition coefficient (Wildman–Crippen LogP) is -0.711. The minimum absolute atomic E-state index is 0.0457. The zero-order valence-electron chi connectivity index (χ0n) is 6.97. The van der Waals surface area contributed by atoms with Crippen LogP contribution in [0.4, 0.5) is 0 Å². The van der Waals surface area contributed by atoms with Gasteiger partial charge in [0.25, 0.3) is 0 Å². The van der Waals surface area contributed by atoms with E-state index in [0.717, 1.165) is 25.9 Å². The van der Waals surface area contributed by atoms with E-state index < -0.39 is 10.0 Å². The van der Waals surface area contributed by atoms with Crippen LogP contribution in [-0.2, 0) is 10.0 Å². The molecular formula is C7H14N2O2S. The molecular weight excluding hydrogens is 176 g/mol. The van der Waals surface area contributed by atoms with E-state index in [9.17, 15) is 8.42 Å². The van der Waals surface area contributed by atoms with Gasteiger partial charge in [-0.05, 0) is 25.9 Å². The monoisotopic (exact) mass is 190 g/mol. The highest BCUT2D eigenvalue weighted by Gasteiger charge is 2.42. The first kappa shape index (κ1) is 8.47. The van der Waals surface area contributed by atoms with Gasteiger partial charge in [0.15, 0.2) is 0 Å². The summed E-state index contributed by atoms with van der Waals surface area (Å²) in [5.41, 5.74) is 0.0457. The lowest BCUT2D eigenvalue weighted by atomic mass is 9.81. The van der Waals surface area contributed by atoms with Crippen LogP contribution in [0.1, 0.15) is 12.8 Å². The zero-order chi connectivity index (χ0) is 8.66. The van der Waals surface area contributed by atoms with Gasteiger partial charge < -0.3 is 5.32 Å². The molecule has 0 saturated carbocycles. The summed E-state index contributed by atoms with van der Waals surface area (Å²) in [5, 5.41) is 3.24. The van der Waals surface area contributed by atoms with Gasteiger partial charge in [0.05, 0.1) is 5.75 Å². The maximum absolute atomic E-state index is 11.2. The summed E-state index contributed by atoms with van der Waals surface area (Å²) in [5.74, 6) is 0.335. The summed E-state index contributed by atoms with van der Waals surface area (Å²) in [6.45, 7) is 2.56. The Morgan fingerprint density at radius 3 is 2.33 bits per heavy atom. The Morgan fingerprint density at radius 2 is 1.83 bits per heavy atom. The summed E-state index contributed by atoms with van der Waals surface area (Å²) in [6, 6.07) is 0. The second kappa shape index (κ2) is 2.68. The van der Waals surface area contributed by atoms with Crippen molar-refractivity contribution in [3.63, 3.8) is 0 Å². The van der Waals surface area contributed by atoms with Gasteiger partial charge in [-0.2, -0.15) is 0 Å². The lowest BCUT2D eigenvalue weighted by Gasteiger charge is -2.31. The van der Waals surface area contributed by atoms with E-state index in [0.29, 0.717) is 12.3 Å². The summed E-state index contributed by atoms with van der Waals surface area (Å²) in [7, 11) is -2.93. The number of hydrogen-bond acceptors (Lipinski definition) is 3. The lowest BCUT2D eigenvalue weighted by molar-refractivity contribution is 0.251. The zero-order valence-corrected chi connectivity index (χ0v) is 7.78. The van der Waals surface area contributed by atoms with Gasteiger partial charge in [-0.25, -0.2) is 13.1 Å². The van der Waals surface area contributed by atoms with Crippen molar-refractivity contribution in [2.45, 2.75) is 12.8 Å². The Hall–Kier alpha value is -0.130. The topological polar surface area (TPSA) is 58.2 Å². The van der Waals surface area contributed by atoms with Crippen molar-refractivity contribution in [2.24, 2.45) is 5.41 Å². The summed E-state index contributed by atoms with van der Waals surface area (Å²) in [6.07, 6.45) is 1.97. The van der Waals surface area contributed by atoms with Gasteiger partial charge in [-0.3, -0.25) is 0 Å². The normalized spacial score (nSPS) is 32.3. The minimum atomic E-state index is -2.93. The molecule has 0 unspecified atom stereocenters. The molecule has 0 aromatic heterocycles. The summed E-state index contributed by atoms with van der Waals surface area (Å²) >= 11 is 0. The molecule has 2 saturated heterocycles. The largest absolute Gasteiger partial charge is 0.317 e. The maximum Gasteiger partial charge on any atom is 0.212 e. The van der Waals surface area contributed by atoms with Gasteiger partial charge in [0, 0.05) is 12.0 Å². The van der Waals surface area contributed by atoms with E-state index >= 15 is 0 Å². The highest BCUT2D eigenvalue weighted by atomic mass is 32.2. The van der Waals surface area contributed by atoms with E-state index in [1.54, 1.807) is 0 Å². The second-order valence-corrected chi connectivity index (χ2v) is 5.64. The van der Waals surface area contributed by atoms with Crippen molar-refractivity contribution in [3.8, 4) is 0 Å². The van der Waals surface area contributed by atoms with Gasteiger partial charge in [-0.1, -0.05) is 0 Å². The maximum atomic E-state index is 11.2. The van der Waals surface area contributed by atoms with Crippen LogP contribution < -0.4 is 10.0 Å². The summed E-state index contributed by atoms with van der Waals surface area (Å²) < 4.78 is 24.9. The van der Waals surface area contributed by atoms with E-state index in [1.807, 2.05) is 0 Å². The van der Waals surface area contributed by atoms with E-state index in [4.69, 9.17) is 0 Å². The molecule has 2 heterocycles. The first-order valence-electron chi connectivity index (χ1n) is 4.30. The lowest BCUT2D eigenvalue weighted by Crippen LogP contribution is -2.39. The molecule has 70 valence electrons. The number of hydrogen-bond donors (Lipinski definition) is 2. The standard InChI is InChI=1S/C7H14N2O2S/c10-12(11)6-7(5-9-12)1-3-8-4-2-7/h8-9H,1-6H2. The number of rotatable bonds is 0. The second-order valence-electron chi connectivity index (χ2n) is 3.83. The Labute approximate surface area is 72.8 Å². The SMILES string of the molecule is O=S1(=O)CC2(CCNCC2)CN1. The molecule has 1 spiro atoms. The molecule has 2 aliphatic rings. The van der Waals surface area contributed by atoms with Crippen molar-refractivity contribution >= 4 is 10.0 Å². The molecule has 0 atom stereocenters. The van der Waals surface area contributed by atoms with Crippen molar-refractivity contribution < 1.29 is 8.42 Å². The van der Waals surface area contributed by atoms with Crippen LogP contribution in [0, 0.1) is 5.41 Å². The molecule has 0 aromatic carbocycles. The average Bonchev–Trinajstić information content (AvgIpc) is 2.29. The first-order valence-corrected chi connectivity index (χ1v) is 5.95. The molecule has 0 bridgehead atoms. The molecule has 2 aliphatic heterocycles. The average molecular weight is 190 g/mol. The number of sulfonamides is 1. The van der Waals surface area contributed by atoms with Crippen LogP contribution in [0.5, 0.6) is 0 Å². The van der Waals surface area contributed by atoms with Crippen LogP contribution >= 0.6 is 0 Å². The van der Waals surface area contributed by atoms with Crippen LogP contribution in [0.3, 0.4) is 0 Å². The number of piperidine rings is 1. The third kappa shape index (κ3) is 1.48. The highest BCUT2D eigenvalue weighted by molar-refractivity contribution is 7.89. The van der Waals surface area contributed by atoms with Crippen LogP contribution in [0.25, 0.3) is 0 Å². The number of nitrogens with one attached hydrogen (secondary N) is 2. The molecule has 0 radical (unpaired) electrons. The van der Waals surface area contributed by atoms with Crippen molar-refractivity contribution in [3.05, 3.63) is 0 Å². The van der Waals surface area contributed by atoms with Crippen molar-refractivity contribution in [2.75, 3.05) is 25.4 Å². The Kier molecular flexibility index (Phi) is 1.89. The molecule has 0 amide bonds. The Balaban J connectivity index is 2.13. The van der Waals surface area contributed by atoms with Gasteiger partial charge in [0.1, 0.15) is 0 Å². The molecule has 12 heavy (non-hydrogen) atoms. The molecule has 2 N–H and O–H groups in total. The fourth-order valence-electron chi connectivity index (χ4n) is 2.05. The quantitative estimate of drug-likeness (QED) is 0.530. The molecule has 2 rings (SSSR count). The minimum Gasteiger partial charge on any atom is -0.317 e. The van der Waals surface area contributed by atoms with E-state index in [1.165, 1.54) is 0 Å². The first-order chi connectivity index (χ1) is 5.62. The third-order valence-corrected chi connectivity index (χ3v) is 4.40. The van der Waals surface area contributed by atoms with E-state index in [-0.39, 0.29) is 5.41 Å². The van der Waals surface area contributed by atoms with Crippen LogP contribution in [0.2, 0.25) is 0 Å². The van der Waals surface area contributed by atoms with Crippen LogP contribution in [-0.4, -0.2) is 33.8 Å². The van der Waals surface area contributed by atoms with Gasteiger partial charge >= 0.3 is 0 Å². The Bertz CT molecular complexity index is 267. The molecule has 4 nitrogen and oxygen atoms in total. The van der Waals surface area contributed by atoms with Gasteiger partial charge in [-0.15, -0.1) is 0 Å². The Morgan fingerprint density at radius 1 is 1.17 bits per heavy atom. The molecule has 0 aliphatic carbocycles. The van der Waals surface area contributed by atoms with E-state index in [2.05, 4.69) is 10.0 Å². The smallest absolute Gasteiger partial charge is 0.212 e. The highest BCUT2D eigenvalue weighted by Crippen LogP contribution is 2.33. The van der Waals surface area contributed by atoms with Crippen LogP contribution in [0.15, 0.2) is 0 Å². The van der Waals surface area contributed by atoms with Gasteiger partial charge in [0.2, 0.25) is 10.0 Å². The van der Waals surface area contributed by atoms with Crippen molar-refractivity contribution in [1.82, 2.24) is 10.0 Å².